The monoisotopic (exact) mass is 581 g/mol. The third-order valence-corrected chi connectivity index (χ3v) is 7.54. The Morgan fingerprint density at radius 2 is 1.58 bits per heavy atom. The van der Waals surface area contributed by atoms with Crippen LogP contribution in [0.3, 0.4) is 0 Å². The smallest absolute Gasteiger partial charge is 0.410 e. The number of amides is 1. The Morgan fingerprint density at radius 1 is 0.930 bits per heavy atom. The molecule has 222 valence electrons. The van der Waals surface area contributed by atoms with E-state index in [1.807, 2.05) is 68.0 Å². The third kappa shape index (κ3) is 6.19. The van der Waals surface area contributed by atoms with Crippen LogP contribution in [0.4, 0.5) is 4.79 Å². The number of imidazole rings is 1. The fraction of sp³-hybridized carbons (Fsp3) is 0.355. The van der Waals surface area contributed by atoms with Gasteiger partial charge in [0.1, 0.15) is 17.6 Å². The first-order chi connectivity index (χ1) is 20.8. The van der Waals surface area contributed by atoms with E-state index in [0.29, 0.717) is 49.6 Å². The van der Waals surface area contributed by atoms with Crippen molar-refractivity contribution in [1.29, 1.82) is 0 Å². The number of aromatic amines is 1. The van der Waals surface area contributed by atoms with Crippen LogP contribution in [-0.2, 0) is 11.3 Å². The standard InChI is InChI=1S/C31H35N9O3/c1-31(2,3)43-30(42)38-16-14-37(15-17-38)26(22-10-6-4-7-11-22)27(23-12-8-5-9-13-23)40-19-24(35-36-40)18-39-21-34-29(41)25-28(39)33-20-32-25/h4-13,19-21,26-27H,14-18H2,1-3H3,(H,32,33)/t26-,27+/m0/s1. The summed E-state index contributed by atoms with van der Waals surface area (Å²) in [6, 6.07) is 20.4. The van der Waals surface area contributed by atoms with Gasteiger partial charge in [0.25, 0.3) is 5.56 Å². The molecular weight excluding hydrogens is 546 g/mol. The number of fused-ring (bicyclic) bond motifs is 1. The summed E-state index contributed by atoms with van der Waals surface area (Å²) in [5.74, 6) is 0. The van der Waals surface area contributed by atoms with Crippen molar-refractivity contribution in [3.05, 3.63) is 107 Å². The molecule has 0 spiro atoms. The minimum Gasteiger partial charge on any atom is -0.444 e. The zero-order valence-corrected chi connectivity index (χ0v) is 24.5. The first-order valence-electron chi connectivity index (χ1n) is 14.4. The molecule has 6 rings (SSSR count). The largest absolute Gasteiger partial charge is 0.444 e. The second-order valence-electron chi connectivity index (χ2n) is 11.7. The number of H-pyrrole nitrogens is 1. The SMILES string of the molecule is CC(C)(C)OC(=O)N1CCN([C@@H](c2ccccc2)[C@@H](c2ccccc2)n2cc(Cn3cnc(=O)c4[nH]cnc43)nn2)CC1. The van der Waals surface area contributed by atoms with Gasteiger partial charge in [0, 0.05) is 26.2 Å². The highest BCUT2D eigenvalue weighted by Crippen LogP contribution is 2.37. The minimum absolute atomic E-state index is 0.0916. The van der Waals surface area contributed by atoms with Crippen LogP contribution in [0.25, 0.3) is 11.2 Å². The van der Waals surface area contributed by atoms with Crippen LogP contribution in [0.1, 0.15) is 49.7 Å². The highest BCUT2D eigenvalue weighted by Gasteiger charge is 2.36. The van der Waals surface area contributed by atoms with Crippen molar-refractivity contribution < 1.29 is 9.53 Å². The van der Waals surface area contributed by atoms with Crippen molar-refractivity contribution >= 4 is 17.3 Å². The maximum absolute atomic E-state index is 12.8. The lowest BCUT2D eigenvalue weighted by atomic mass is 9.91. The summed E-state index contributed by atoms with van der Waals surface area (Å²) in [4.78, 5) is 40.2. The molecule has 1 fully saturated rings. The number of nitrogens with one attached hydrogen (secondary N) is 1. The summed E-state index contributed by atoms with van der Waals surface area (Å²) in [5.41, 5.74) is 2.90. The maximum Gasteiger partial charge on any atom is 0.410 e. The molecule has 2 atom stereocenters. The highest BCUT2D eigenvalue weighted by atomic mass is 16.6. The Bertz CT molecular complexity index is 1730. The summed E-state index contributed by atoms with van der Waals surface area (Å²) in [6.07, 6.45) is 4.63. The number of aromatic nitrogens is 7. The van der Waals surface area contributed by atoms with Crippen LogP contribution >= 0.6 is 0 Å². The number of rotatable bonds is 7. The molecule has 12 nitrogen and oxygen atoms in total. The molecule has 0 bridgehead atoms. The number of hydrogen-bond acceptors (Lipinski definition) is 8. The van der Waals surface area contributed by atoms with Crippen molar-refractivity contribution in [2.45, 2.75) is 45.0 Å². The highest BCUT2D eigenvalue weighted by molar-refractivity contribution is 5.69. The Balaban J connectivity index is 1.33. The molecule has 12 heteroatoms. The summed E-state index contributed by atoms with van der Waals surface area (Å²) in [6.45, 7) is 8.45. The van der Waals surface area contributed by atoms with Gasteiger partial charge in [0.2, 0.25) is 0 Å². The summed E-state index contributed by atoms with van der Waals surface area (Å²) in [7, 11) is 0. The van der Waals surface area contributed by atoms with Gasteiger partial charge in [-0.25, -0.2) is 14.5 Å². The van der Waals surface area contributed by atoms with E-state index in [2.05, 4.69) is 54.4 Å². The molecule has 2 aromatic carbocycles. The molecule has 1 amide bonds. The molecule has 3 aromatic heterocycles. The predicted octanol–water partition coefficient (Wildman–Crippen LogP) is 3.64. The molecule has 0 radical (unpaired) electrons. The van der Waals surface area contributed by atoms with Crippen LogP contribution in [0.5, 0.6) is 0 Å². The minimum atomic E-state index is -0.543. The quantitative estimate of drug-likeness (QED) is 0.309. The van der Waals surface area contributed by atoms with E-state index in [9.17, 15) is 9.59 Å². The Hall–Kier alpha value is -4.84. The van der Waals surface area contributed by atoms with Gasteiger partial charge in [-0.05, 0) is 31.9 Å². The van der Waals surface area contributed by atoms with Gasteiger partial charge in [0.05, 0.1) is 31.2 Å². The van der Waals surface area contributed by atoms with Gasteiger partial charge in [0.15, 0.2) is 11.2 Å². The van der Waals surface area contributed by atoms with E-state index < -0.39 is 5.60 Å². The molecule has 1 saturated heterocycles. The van der Waals surface area contributed by atoms with E-state index in [0.717, 1.165) is 11.1 Å². The third-order valence-electron chi connectivity index (χ3n) is 7.54. The Labute approximate surface area is 248 Å². The summed E-state index contributed by atoms with van der Waals surface area (Å²) >= 11 is 0. The summed E-state index contributed by atoms with van der Waals surface area (Å²) < 4.78 is 9.34. The van der Waals surface area contributed by atoms with Gasteiger partial charge in [-0.3, -0.25) is 9.69 Å². The van der Waals surface area contributed by atoms with Crippen LogP contribution in [0, 0.1) is 0 Å². The average Bonchev–Trinajstić information content (AvgIpc) is 3.68. The first-order valence-corrected chi connectivity index (χ1v) is 14.4. The number of carbonyl (C=O) groups excluding carboxylic acids is 1. The molecule has 5 aromatic rings. The normalized spacial score (nSPS) is 15.8. The van der Waals surface area contributed by atoms with Crippen LogP contribution < -0.4 is 5.56 Å². The number of ether oxygens (including phenoxy) is 1. The molecule has 0 aliphatic carbocycles. The molecule has 1 aliphatic rings. The average molecular weight is 582 g/mol. The topological polar surface area (TPSA) is 127 Å². The second kappa shape index (κ2) is 11.8. The van der Waals surface area contributed by atoms with E-state index in [1.54, 1.807) is 9.47 Å². The van der Waals surface area contributed by atoms with Crippen molar-refractivity contribution in [3.63, 3.8) is 0 Å². The number of carbonyl (C=O) groups is 1. The lowest BCUT2D eigenvalue weighted by Gasteiger charge is -2.42. The number of piperazine rings is 1. The lowest BCUT2D eigenvalue weighted by Crippen LogP contribution is -2.52. The number of nitrogens with zero attached hydrogens (tertiary/aromatic N) is 8. The lowest BCUT2D eigenvalue weighted by molar-refractivity contribution is 0.00756. The van der Waals surface area contributed by atoms with Crippen LogP contribution in [-0.4, -0.2) is 82.2 Å². The molecule has 43 heavy (non-hydrogen) atoms. The maximum atomic E-state index is 12.8. The van der Waals surface area contributed by atoms with Gasteiger partial charge < -0.3 is 19.2 Å². The Morgan fingerprint density at radius 3 is 2.23 bits per heavy atom. The number of hydrogen-bond donors (Lipinski definition) is 1. The molecular formula is C31H35N9O3. The van der Waals surface area contributed by atoms with E-state index in [-0.39, 0.29) is 23.7 Å². The van der Waals surface area contributed by atoms with Gasteiger partial charge >= 0.3 is 6.09 Å². The molecule has 0 saturated carbocycles. The van der Waals surface area contributed by atoms with Gasteiger partial charge in [-0.15, -0.1) is 5.10 Å². The molecule has 1 N–H and O–H groups in total. The van der Waals surface area contributed by atoms with Crippen LogP contribution in [0.2, 0.25) is 0 Å². The Kier molecular flexibility index (Phi) is 7.76. The van der Waals surface area contributed by atoms with Gasteiger partial charge in [-0.2, -0.15) is 4.98 Å². The van der Waals surface area contributed by atoms with Crippen molar-refractivity contribution in [3.8, 4) is 0 Å². The van der Waals surface area contributed by atoms with Crippen molar-refractivity contribution in [2.75, 3.05) is 26.2 Å². The number of benzene rings is 2. The summed E-state index contributed by atoms with van der Waals surface area (Å²) in [5, 5.41) is 9.15. The zero-order valence-electron chi connectivity index (χ0n) is 24.5. The fourth-order valence-corrected chi connectivity index (χ4v) is 5.60. The molecule has 4 heterocycles. The molecule has 1 aliphatic heterocycles. The van der Waals surface area contributed by atoms with Crippen molar-refractivity contribution in [2.24, 2.45) is 0 Å². The van der Waals surface area contributed by atoms with Crippen LogP contribution in [0.15, 0.2) is 84.3 Å². The molecule has 0 unspecified atom stereocenters. The van der Waals surface area contributed by atoms with E-state index in [4.69, 9.17) is 4.74 Å². The first kappa shape index (κ1) is 28.3. The van der Waals surface area contributed by atoms with Gasteiger partial charge in [-0.1, -0.05) is 65.9 Å². The zero-order chi connectivity index (χ0) is 30.0. The van der Waals surface area contributed by atoms with E-state index in [1.165, 1.54) is 12.7 Å². The fourth-order valence-electron chi connectivity index (χ4n) is 5.60. The second-order valence-corrected chi connectivity index (χ2v) is 11.7. The van der Waals surface area contributed by atoms with E-state index >= 15 is 0 Å². The van der Waals surface area contributed by atoms with Crippen molar-refractivity contribution in [1.82, 2.24) is 44.3 Å². The predicted molar refractivity (Wildman–Crippen MR) is 160 cm³/mol.